The van der Waals surface area contributed by atoms with Gasteiger partial charge in [0.1, 0.15) is 10.4 Å². The van der Waals surface area contributed by atoms with Gasteiger partial charge in [-0.2, -0.15) is 0 Å². The number of likely N-dealkylation sites (N-methyl/N-ethyl adjacent to an activating group) is 1. The van der Waals surface area contributed by atoms with Crippen molar-refractivity contribution >= 4 is 44.7 Å². The predicted octanol–water partition coefficient (Wildman–Crippen LogP) is 5.08. The topological polar surface area (TPSA) is 45.3 Å². The molecule has 7 heteroatoms. The van der Waals surface area contributed by atoms with Gasteiger partial charge in [-0.05, 0) is 43.1 Å². The zero-order chi connectivity index (χ0) is 19.8. The SMILES string of the molecule is COc1cc(F)c2[nH]c(=O)c3sccc3c2c1-c1ccc(CCN(C)C)cc1.Cl. The number of aromatic nitrogens is 1. The molecule has 0 aliphatic rings. The summed E-state index contributed by atoms with van der Waals surface area (Å²) in [4.78, 5) is 17.2. The number of benzene rings is 2. The minimum absolute atomic E-state index is 0. The number of pyridine rings is 1. The minimum Gasteiger partial charge on any atom is -0.496 e. The molecule has 0 aliphatic carbocycles. The number of rotatable bonds is 5. The second-order valence-corrected chi connectivity index (χ2v) is 7.97. The summed E-state index contributed by atoms with van der Waals surface area (Å²) in [5.74, 6) is -0.0472. The molecule has 0 saturated heterocycles. The summed E-state index contributed by atoms with van der Waals surface area (Å²) in [6, 6.07) is 11.4. The Kier molecular flexibility index (Phi) is 6.27. The lowest BCUT2D eigenvalue weighted by molar-refractivity contribution is 0.413. The lowest BCUT2D eigenvalue weighted by Gasteiger charge is -2.15. The van der Waals surface area contributed by atoms with E-state index in [1.807, 2.05) is 23.6 Å². The highest BCUT2D eigenvalue weighted by Crippen LogP contribution is 2.41. The van der Waals surface area contributed by atoms with Gasteiger partial charge in [-0.1, -0.05) is 24.3 Å². The van der Waals surface area contributed by atoms with Gasteiger partial charge in [0.2, 0.25) is 0 Å². The Labute approximate surface area is 178 Å². The molecule has 1 N–H and O–H groups in total. The van der Waals surface area contributed by atoms with Gasteiger partial charge in [0.15, 0.2) is 5.82 Å². The Balaban J connectivity index is 0.00000240. The number of hydrogen-bond donors (Lipinski definition) is 1. The minimum atomic E-state index is -0.497. The van der Waals surface area contributed by atoms with Gasteiger partial charge in [0.25, 0.3) is 5.56 Å². The Morgan fingerprint density at radius 2 is 1.90 bits per heavy atom. The first-order valence-corrected chi connectivity index (χ1v) is 9.91. The Morgan fingerprint density at radius 3 is 2.55 bits per heavy atom. The Morgan fingerprint density at radius 1 is 1.17 bits per heavy atom. The van der Waals surface area contributed by atoms with E-state index in [1.54, 1.807) is 0 Å². The average Bonchev–Trinajstić information content (AvgIpc) is 3.18. The van der Waals surface area contributed by atoms with Crippen LogP contribution in [0.25, 0.3) is 32.1 Å². The molecule has 0 unspecified atom stereocenters. The first-order chi connectivity index (χ1) is 13.5. The van der Waals surface area contributed by atoms with Crippen molar-refractivity contribution in [2.24, 2.45) is 0 Å². The molecule has 152 valence electrons. The van der Waals surface area contributed by atoms with Gasteiger partial charge < -0.3 is 14.6 Å². The number of H-pyrrole nitrogens is 1. The molecule has 0 spiro atoms. The maximum Gasteiger partial charge on any atom is 0.266 e. The number of ether oxygens (including phenoxy) is 1. The van der Waals surface area contributed by atoms with E-state index in [-0.39, 0.29) is 23.5 Å². The fourth-order valence-electron chi connectivity index (χ4n) is 3.51. The van der Waals surface area contributed by atoms with Crippen LogP contribution in [-0.4, -0.2) is 37.6 Å². The van der Waals surface area contributed by atoms with E-state index in [9.17, 15) is 9.18 Å². The standard InChI is InChI=1S/C22H21FN2O2S.ClH/c1-25(2)10-8-13-4-6-14(7-5-13)18-17(27-3)12-16(23)20-19(18)15-9-11-28-21(15)22(26)24-20;/h4-7,9,11-12H,8,10H2,1-3H3,(H,24,26);1H. The molecule has 0 fully saturated rings. The molecule has 0 saturated carbocycles. The van der Waals surface area contributed by atoms with Crippen LogP contribution in [-0.2, 0) is 6.42 Å². The molecule has 2 aromatic carbocycles. The number of fused-ring (bicyclic) bond motifs is 3. The van der Waals surface area contributed by atoms with Crippen LogP contribution in [0.5, 0.6) is 5.75 Å². The van der Waals surface area contributed by atoms with Gasteiger partial charge in [0, 0.05) is 28.9 Å². The highest BCUT2D eigenvalue weighted by molar-refractivity contribution is 7.17. The van der Waals surface area contributed by atoms with Gasteiger partial charge in [-0.3, -0.25) is 4.79 Å². The van der Waals surface area contributed by atoms with Crippen molar-refractivity contribution in [3.8, 4) is 16.9 Å². The quantitative estimate of drug-likeness (QED) is 0.478. The number of nitrogens with one attached hydrogen (secondary N) is 1. The molecule has 0 radical (unpaired) electrons. The smallest absolute Gasteiger partial charge is 0.266 e. The molecule has 4 nitrogen and oxygen atoms in total. The van der Waals surface area contributed by atoms with Gasteiger partial charge >= 0.3 is 0 Å². The van der Waals surface area contributed by atoms with Crippen molar-refractivity contribution in [3.05, 3.63) is 63.5 Å². The highest BCUT2D eigenvalue weighted by Gasteiger charge is 2.19. The van der Waals surface area contributed by atoms with Crippen molar-refractivity contribution in [1.29, 1.82) is 0 Å². The second-order valence-electron chi connectivity index (χ2n) is 7.05. The van der Waals surface area contributed by atoms with Crippen LogP contribution in [0.1, 0.15) is 5.56 Å². The number of hydrogen-bond acceptors (Lipinski definition) is 4. The third kappa shape index (κ3) is 3.88. The highest BCUT2D eigenvalue weighted by atomic mass is 35.5. The van der Waals surface area contributed by atoms with Crippen LogP contribution in [0.4, 0.5) is 4.39 Å². The van der Waals surface area contributed by atoms with Gasteiger partial charge in [-0.25, -0.2) is 4.39 Å². The number of aromatic amines is 1. The van der Waals surface area contributed by atoms with E-state index in [0.29, 0.717) is 15.8 Å². The summed E-state index contributed by atoms with van der Waals surface area (Å²) in [6.45, 7) is 0.971. The summed E-state index contributed by atoms with van der Waals surface area (Å²) < 4.78 is 20.8. The summed E-state index contributed by atoms with van der Waals surface area (Å²) in [5, 5.41) is 3.27. The van der Waals surface area contributed by atoms with Crippen LogP contribution in [0, 0.1) is 5.82 Å². The third-order valence-electron chi connectivity index (χ3n) is 4.93. The first kappa shape index (κ1) is 21.3. The molecular formula is C22H22ClFN2O2S. The lowest BCUT2D eigenvalue weighted by Crippen LogP contribution is -2.14. The summed E-state index contributed by atoms with van der Waals surface area (Å²) >= 11 is 1.35. The van der Waals surface area contributed by atoms with Crippen LogP contribution in [0.2, 0.25) is 0 Å². The van der Waals surface area contributed by atoms with Gasteiger partial charge in [0.05, 0.1) is 12.6 Å². The summed E-state index contributed by atoms with van der Waals surface area (Å²) in [6.07, 6.45) is 0.955. The van der Waals surface area contributed by atoms with E-state index in [2.05, 4.69) is 36.1 Å². The fourth-order valence-corrected chi connectivity index (χ4v) is 4.30. The predicted molar refractivity (Wildman–Crippen MR) is 121 cm³/mol. The van der Waals surface area contributed by atoms with Crippen LogP contribution >= 0.6 is 23.7 Å². The van der Waals surface area contributed by atoms with E-state index >= 15 is 0 Å². The number of methoxy groups -OCH3 is 1. The molecule has 0 bridgehead atoms. The van der Waals surface area contributed by atoms with Crippen LogP contribution < -0.4 is 10.3 Å². The monoisotopic (exact) mass is 432 g/mol. The first-order valence-electron chi connectivity index (χ1n) is 9.03. The van der Waals surface area contributed by atoms with E-state index in [1.165, 1.54) is 30.1 Å². The molecule has 4 rings (SSSR count). The molecule has 4 aromatic rings. The van der Waals surface area contributed by atoms with E-state index < -0.39 is 5.82 Å². The Bertz CT molecular complexity index is 1220. The molecular weight excluding hydrogens is 411 g/mol. The van der Waals surface area contributed by atoms with Crippen molar-refractivity contribution < 1.29 is 9.13 Å². The fraction of sp³-hybridized carbons (Fsp3) is 0.227. The lowest BCUT2D eigenvalue weighted by atomic mass is 9.96. The van der Waals surface area contributed by atoms with Crippen molar-refractivity contribution in [2.75, 3.05) is 27.7 Å². The van der Waals surface area contributed by atoms with Crippen molar-refractivity contribution in [2.45, 2.75) is 6.42 Å². The average molecular weight is 433 g/mol. The zero-order valence-electron chi connectivity index (χ0n) is 16.4. The van der Waals surface area contributed by atoms with Crippen molar-refractivity contribution in [3.63, 3.8) is 0 Å². The summed E-state index contributed by atoms with van der Waals surface area (Å²) in [5.41, 5.74) is 2.89. The maximum atomic E-state index is 14.7. The second kappa shape index (κ2) is 8.53. The summed E-state index contributed by atoms with van der Waals surface area (Å²) in [7, 11) is 5.64. The molecule has 0 atom stereocenters. The number of nitrogens with zero attached hydrogens (tertiary/aromatic N) is 1. The molecule has 2 aromatic heterocycles. The van der Waals surface area contributed by atoms with Crippen LogP contribution in [0.3, 0.4) is 0 Å². The number of halogens is 2. The largest absolute Gasteiger partial charge is 0.496 e. The van der Waals surface area contributed by atoms with Crippen molar-refractivity contribution in [1.82, 2.24) is 9.88 Å². The molecule has 0 amide bonds. The van der Waals surface area contributed by atoms with Crippen LogP contribution in [0.15, 0.2) is 46.6 Å². The Hall–Kier alpha value is -2.41. The third-order valence-corrected chi connectivity index (χ3v) is 5.85. The molecule has 29 heavy (non-hydrogen) atoms. The number of thiophene rings is 1. The van der Waals surface area contributed by atoms with E-state index in [0.717, 1.165) is 29.5 Å². The molecule has 2 heterocycles. The van der Waals surface area contributed by atoms with E-state index in [4.69, 9.17) is 4.74 Å². The normalized spacial score (nSPS) is 11.2. The zero-order valence-corrected chi connectivity index (χ0v) is 18.0. The van der Waals surface area contributed by atoms with Gasteiger partial charge in [-0.15, -0.1) is 23.7 Å². The molecule has 0 aliphatic heterocycles. The maximum absolute atomic E-state index is 14.7.